The number of aliphatic hydroxyl groups is 1. The molecule has 1 fully saturated rings. The third-order valence-electron chi connectivity index (χ3n) is 4.86. The van der Waals surface area contributed by atoms with Gasteiger partial charge in [0.25, 0.3) is 0 Å². The fourth-order valence-electron chi connectivity index (χ4n) is 3.15. The molecule has 0 aromatic rings. The third-order valence-corrected chi connectivity index (χ3v) is 5.50. The number of aliphatic hydroxyl groups excluding tert-OH is 1. The van der Waals surface area contributed by atoms with Crippen molar-refractivity contribution in [1.29, 1.82) is 0 Å². The summed E-state index contributed by atoms with van der Waals surface area (Å²) in [6, 6.07) is -4.46. The Labute approximate surface area is 183 Å². The van der Waals surface area contributed by atoms with Gasteiger partial charge in [-0.15, -0.1) is 0 Å². The van der Waals surface area contributed by atoms with Crippen molar-refractivity contribution in [3.05, 3.63) is 0 Å². The van der Waals surface area contributed by atoms with Gasteiger partial charge in [0.05, 0.1) is 6.61 Å². The van der Waals surface area contributed by atoms with E-state index >= 15 is 0 Å². The maximum atomic E-state index is 13.1. The Hall–Kier alpha value is -2.38. The third kappa shape index (κ3) is 8.34. The summed E-state index contributed by atoms with van der Waals surface area (Å²) < 4.78 is 0. The number of rotatable bonds is 13. The number of nitrogens with zero attached hydrogens (tertiary/aromatic N) is 1. The van der Waals surface area contributed by atoms with Crippen LogP contribution in [-0.2, 0) is 24.0 Å². The van der Waals surface area contributed by atoms with Crippen LogP contribution in [0.1, 0.15) is 32.1 Å². The highest BCUT2D eigenvalue weighted by Gasteiger charge is 2.39. The first-order valence-corrected chi connectivity index (χ1v) is 11.2. The second kappa shape index (κ2) is 13.1. The highest BCUT2D eigenvalue weighted by atomic mass is 32.2. The van der Waals surface area contributed by atoms with Crippen LogP contribution in [0.15, 0.2) is 0 Å². The quantitative estimate of drug-likeness (QED) is 0.177. The van der Waals surface area contributed by atoms with Crippen LogP contribution in [0.2, 0.25) is 0 Å². The van der Waals surface area contributed by atoms with Gasteiger partial charge >= 0.3 is 11.9 Å². The molecule has 13 heteroatoms. The van der Waals surface area contributed by atoms with Crippen LogP contribution in [0.25, 0.3) is 0 Å². The van der Waals surface area contributed by atoms with Crippen molar-refractivity contribution in [2.75, 3.05) is 25.2 Å². The molecule has 4 unspecified atom stereocenters. The number of carbonyl (C=O) groups is 5. The second-order valence-electron chi connectivity index (χ2n) is 7.15. The van der Waals surface area contributed by atoms with E-state index in [0.29, 0.717) is 18.6 Å². The van der Waals surface area contributed by atoms with Crippen LogP contribution in [0.5, 0.6) is 0 Å². The number of amides is 3. The lowest BCUT2D eigenvalue weighted by Crippen LogP contribution is -2.57. The van der Waals surface area contributed by atoms with Crippen molar-refractivity contribution in [1.82, 2.24) is 15.5 Å². The minimum Gasteiger partial charge on any atom is -0.481 e. The first kappa shape index (κ1) is 26.7. The van der Waals surface area contributed by atoms with E-state index in [1.165, 1.54) is 16.7 Å². The van der Waals surface area contributed by atoms with Crippen LogP contribution in [0.4, 0.5) is 0 Å². The van der Waals surface area contributed by atoms with Gasteiger partial charge in [-0.1, -0.05) is 0 Å². The lowest BCUT2D eigenvalue weighted by molar-refractivity contribution is -0.145. The number of carboxylic acid groups (broad SMARTS) is 2. The van der Waals surface area contributed by atoms with Gasteiger partial charge in [-0.2, -0.15) is 11.8 Å². The van der Waals surface area contributed by atoms with Crippen molar-refractivity contribution < 1.29 is 39.3 Å². The molecule has 0 bridgehead atoms. The number of hydrogen-bond donors (Lipinski definition) is 6. The van der Waals surface area contributed by atoms with Crippen molar-refractivity contribution in [2.24, 2.45) is 5.73 Å². The number of nitrogens with one attached hydrogen (secondary N) is 2. The normalized spacial score (nSPS) is 18.7. The number of carbonyl (C=O) groups excluding carboxylic acids is 3. The van der Waals surface area contributed by atoms with Crippen LogP contribution < -0.4 is 16.4 Å². The molecule has 31 heavy (non-hydrogen) atoms. The first-order valence-electron chi connectivity index (χ1n) is 9.83. The molecular weight excluding hydrogens is 432 g/mol. The first-order chi connectivity index (χ1) is 14.6. The van der Waals surface area contributed by atoms with Gasteiger partial charge in [-0.3, -0.25) is 19.2 Å². The molecule has 0 saturated carbocycles. The Balaban J connectivity index is 2.90. The van der Waals surface area contributed by atoms with Gasteiger partial charge in [0.2, 0.25) is 17.7 Å². The molecule has 7 N–H and O–H groups in total. The molecule has 12 nitrogen and oxygen atoms in total. The van der Waals surface area contributed by atoms with Crippen LogP contribution in [-0.4, -0.2) is 99.2 Å². The molecular formula is C18H30N4O8S. The average Bonchev–Trinajstić information content (AvgIpc) is 3.22. The molecule has 176 valence electrons. The Morgan fingerprint density at radius 3 is 2.35 bits per heavy atom. The number of aliphatic carboxylic acids is 2. The summed E-state index contributed by atoms with van der Waals surface area (Å²) in [6.45, 7) is -0.335. The molecule has 3 amide bonds. The standard InChI is InChI=1S/C18H30N4O8S/c1-31-8-6-11(20-15(26)10(19)9-23)17(28)22-7-2-3-13(22)16(27)21-12(18(29)30)4-5-14(24)25/h10-13,23H,2-9,19H2,1H3,(H,20,26)(H,21,27)(H,24,25)(H,29,30). The number of carboxylic acids is 2. The monoisotopic (exact) mass is 462 g/mol. The number of hydrogen-bond acceptors (Lipinski definition) is 8. The molecule has 0 aromatic heterocycles. The summed E-state index contributed by atoms with van der Waals surface area (Å²) in [5.74, 6) is -3.89. The van der Waals surface area contributed by atoms with E-state index in [0.717, 1.165) is 0 Å². The summed E-state index contributed by atoms with van der Waals surface area (Å²) in [5.41, 5.74) is 5.50. The fraction of sp³-hybridized carbons (Fsp3) is 0.722. The van der Waals surface area contributed by atoms with E-state index < -0.39 is 66.9 Å². The van der Waals surface area contributed by atoms with Gasteiger partial charge in [-0.05, 0) is 37.7 Å². The Kier molecular flexibility index (Phi) is 11.3. The van der Waals surface area contributed by atoms with Gasteiger partial charge in [0, 0.05) is 13.0 Å². The zero-order chi connectivity index (χ0) is 23.6. The van der Waals surface area contributed by atoms with E-state index in [1.807, 2.05) is 6.26 Å². The van der Waals surface area contributed by atoms with Crippen LogP contribution >= 0.6 is 11.8 Å². The highest BCUT2D eigenvalue weighted by Crippen LogP contribution is 2.20. The molecule has 0 aliphatic carbocycles. The fourth-order valence-corrected chi connectivity index (χ4v) is 3.62. The van der Waals surface area contributed by atoms with E-state index in [9.17, 15) is 29.1 Å². The molecule has 1 aliphatic rings. The van der Waals surface area contributed by atoms with E-state index in [-0.39, 0.29) is 19.4 Å². The summed E-state index contributed by atoms with van der Waals surface area (Å²) >= 11 is 1.46. The zero-order valence-corrected chi connectivity index (χ0v) is 18.1. The minimum absolute atomic E-state index is 0.251. The van der Waals surface area contributed by atoms with Crippen molar-refractivity contribution in [3.8, 4) is 0 Å². The molecule has 0 spiro atoms. The molecule has 0 aromatic carbocycles. The molecule has 4 atom stereocenters. The molecule has 1 aliphatic heterocycles. The van der Waals surface area contributed by atoms with Crippen molar-refractivity contribution in [3.63, 3.8) is 0 Å². The molecule has 0 radical (unpaired) electrons. The van der Waals surface area contributed by atoms with E-state index in [1.54, 1.807) is 0 Å². The lowest BCUT2D eigenvalue weighted by Gasteiger charge is -2.29. The maximum absolute atomic E-state index is 13.1. The summed E-state index contributed by atoms with van der Waals surface area (Å²) in [6.07, 6.45) is 2.21. The topological polar surface area (TPSA) is 199 Å². The van der Waals surface area contributed by atoms with Gasteiger partial charge < -0.3 is 36.6 Å². The lowest BCUT2D eigenvalue weighted by atomic mass is 10.1. The Morgan fingerprint density at radius 1 is 1.13 bits per heavy atom. The predicted octanol–water partition coefficient (Wildman–Crippen LogP) is -2.03. The zero-order valence-electron chi connectivity index (χ0n) is 17.3. The minimum atomic E-state index is -1.39. The molecule has 1 saturated heterocycles. The Bertz CT molecular complexity index is 677. The predicted molar refractivity (Wildman–Crippen MR) is 111 cm³/mol. The Morgan fingerprint density at radius 2 is 1.81 bits per heavy atom. The van der Waals surface area contributed by atoms with Crippen LogP contribution in [0.3, 0.4) is 0 Å². The number of likely N-dealkylation sites (tertiary alicyclic amines) is 1. The average molecular weight is 463 g/mol. The van der Waals surface area contributed by atoms with Gasteiger partial charge in [0.1, 0.15) is 24.2 Å². The van der Waals surface area contributed by atoms with E-state index in [4.69, 9.17) is 15.9 Å². The van der Waals surface area contributed by atoms with Gasteiger partial charge in [-0.25, -0.2) is 4.79 Å². The SMILES string of the molecule is CSCCC(NC(=O)C(N)CO)C(=O)N1CCCC1C(=O)NC(CCC(=O)O)C(=O)O. The van der Waals surface area contributed by atoms with Crippen molar-refractivity contribution in [2.45, 2.75) is 56.3 Å². The molecule has 1 heterocycles. The smallest absolute Gasteiger partial charge is 0.326 e. The van der Waals surface area contributed by atoms with Crippen molar-refractivity contribution >= 4 is 41.4 Å². The number of nitrogens with two attached hydrogens (primary N) is 1. The molecule has 1 rings (SSSR count). The summed E-state index contributed by atoms with van der Waals surface area (Å²) in [4.78, 5) is 61.2. The van der Waals surface area contributed by atoms with Gasteiger partial charge in [0.15, 0.2) is 0 Å². The maximum Gasteiger partial charge on any atom is 0.326 e. The summed E-state index contributed by atoms with van der Waals surface area (Å²) in [5, 5.41) is 31.9. The van der Waals surface area contributed by atoms with Crippen LogP contribution in [0, 0.1) is 0 Å². The van der Waals surface area contributed by atoms with E-state index in [2.05, 4.69) is 10.6 Å². The summed E-state index contributed by atoms with van der Waals surface area (Å²) in [7, 11) is 0. The largest absolute Gasteiger partial charge is 0.481 e. The number of thioether (sulfide) groups is 1. The second-order valence-corrected chi connectivity index (χ2v) is 8.14. The highest BCUT2D eigenvalue weighted by molar-refractivity contribution is 7.98.